The lowest BCUT2D eigenvalue weighted by Gasteiger charge is -2.23. The van der Waals surface area contributed by atoms with Crippen LogP contribution < -0.4 is 4.74 Å². The topological polar surface area (TPSA) is 35.0 Å². The highest BCUT2D eigenvalue weighted by molar-refractivity contribution is 6.30. The van der Waals surface area contributed by atoms with E-state index in [-0.39, 0.29) is 10.6 Å². The van der Waals surface area contributed by atoms with E-state index in [0.717, 1.165) is 6.42 Å². The van der Waals surface area contributed by atoms with Crippen molar-refractivity contribution in [1.29, 1.82) is 0 Å². The first kappa shape index (κ1) is 13.8. The second-order valence-corrected chi connectivity index (χ2v) is 5.37. The molecule has 0 aliphatic rings. The second kappa shape index (κ2) is 5.57. The van der Waals surface area contributed by atoms with Gasteiger partial charge >= 0.3 is 0 Å². The zero-order valence-corrected chi connectivity index (χ0v) is 12.1. The fourth-order valence-electron chi connectivity index (χ4n) is 1.67. The first-order valence-electron chi connectivity index (χ1n) is 6.28. The number of rotatable bonds is 4. The molecular formula is C15H17ClN2O. The molecule has 0 N–H and O–H groups in total. The Hall–Kier alpha value is -1.61. The predicted molar refractivity (Wildman–Crippen MR) is 76.9 cm³/mol. The van der Waals surface area contributed by atoms with Gasteiger partial charge in [0.05, 0.1) is 0 Å². The number of ether oxygens (including phenoxy) is 1. The van der Waals surface area contributed by atoms with Gasteiger partial charge in [-0.1, -0.05) is 44.5 Å². The van der Waals surface area contributed by atoms with Gasteiger partial charge < -0.3 is 4.74 Å². The molecule has 0 saturated heterocycles. The van der Waals surface area contributed by atoms with Crippen LogP contribution in [0, 0.1) is 0 Å². The van der Waals surface area contributed by atoms with E-state index in [4.69, 9.17) is 16.3 Å². The van der Waals surface area contributed by atoms with Crippen LogP contribution in [0.25, 0.3) is 0 Å². The van der Waals surface area contributed by atoms with Crippen molar-refractivity contribution in [3.63, 3.8) is 0 Å². The number of aromatic nitrogens is 2. The minimum atomic E-state index is 0.169. The first-order valence-corrected chi connectivity index (χ1v) is 6.65. The lowest BCUT2D eigenvalue weighted by atomic mass is 9.82. The normalized spacial score (nSPS) is 11.4. The largest absolute Gasteiger partial charge is 0.436 e. The highest BCUT2D eigenvalue weighted by Crippen LogP contribution is 2.30. The van der Waals surface area contributed by atoms with Crippen LogP contribution in [0.4, 0.5) is 0 Å². The summed E-state index contributed by atoms with van der Waals surface area (Å²) in [6.45, 7) is 6.63. The molecule has 1 heterocycles. The molecule has 0 unspecified atom stereocenters. The average molecular weight is 277 g/mol. The Kier molecular flexibility index (Phi) is 4.05. The highest BCUT2D eigenvalue weighted by Gasteiger charge is 2.17. The third-order valence-electron chi connectivity index (χ3n) is 3.36. The molecule has 0 spiro atoms. The van der Waals surface area contributed by atoms with E-state index >= 15 is 0 Å². The molecule has 0 radical (unpaired) electrons. The zero-order valence-electron chi connectivity index (χ0n) is 11.4. The zero-order chi connectivity index (χ0) is 13.9. The molecule has 3 nitrogen and oxygen atoms in total. The molecule has 2 aromatic rings. The number of nitrogens with zero attached hydrogens (tertiary/aromatic N) is 2. The monoisotopic (exact) mass is 276 g/mol. The van der Waals surface area contributed by atoms with E-state index in [9.17, 15) is 0 Å². The van der Waals surface area contributed by atoms with Crippen molar-refractivity contribution >= 4 is 11.6 Å². The Labute approximate surface area is 118 Å². The number of hydrogen-bond donors (Lipinski definition) is 0. The van der Waals surface area contributed by atoms with Crippen LogP contribution in [0.1, 0.15) is 32.8 Å². The fraction of sp³-hybridized carbons (Fsp3) is 0.333. The molecule has 1 aromatic carbocycles. The Morgan fingerprint density at radius 2 is 1.74 bits per heavy atom. The summed E-state index contributed by atoms with van der Waals surface area (Å²) in [6.07, 6.45) is 4.17. The Morgan fingerprint density at radius 1 is 1.11 bits per heavy atom. The van der Waals surface area contributed by atoms with Crippen LogP contribution in [0.5, 0.6) is 11.6 Å². The molecule has 0 atom stereocenters. The predicted octanol–water partition coefficient (Wildman–Crippen LogP) is 4.61. The van der Waals surface area contributed by atoms with E-state index in [0.29, 0.717) is 11.6 Å². The molecule has 2 rings (SSSR count). The molecule has 19 heavy (non-hydrogen) atoms. The Bertz CT molecular complexity index is 552. The summed E-state index contributed by atoms with van der Waals surface area (Å²) in [4.78, 5) is 7.97. The first-order chi connectivity index (χ1) is 9.03. The van der Waals surface area contributed by atoms with E-state index in [1.54, 1.807) is 6.20 Å². The Morgan fingerprint density at radius 3 is 2.32 bits per heavy atom. The van der Waals surface area contributed by atoms with E-state index < -0.39 is 0 Å². The number of benzene rings is 1. The summed E-state index contributed by atoms with van der Waals surface area (Å²) in [5.41, 5.74) is 1.45. The van der Waals surface area contributed by atoms with Gasteiger partial charge in [0.1, 0.15) is 5.75 Å². The van der Waals surface area contributed by atoms with Crippen LogP contribution in [0.2, 0.25) is 5.15 Å². The average Bonchev–Trinajstić information content (AvgIpc) is 2.42. The van der Waals surface area contributed by atoms with Gasteiger partial charge in [-0.25, -0.2) is 9.97 Å². The summed E-state index contributed by atoms with van der Waals surface area (Å²) in [5.74, 6) is 1.03. The van der Waals surface area contributed by atoms with Crippen LogP contribution in [-0.2, 0) is 5.41 Å². The summed E-state index contributed by atoms with van der Waals surface area (Å²) < 4.78 is 5.60. The van der Waals surface area contributed by atoms with Crippen LogP contribution >= 0.6 is 11.6 Å². The molecule has 0 aliphatic heterocycles. The van der Waals surface area contributed by atoms with Gasteiger partial charge in [0, 0.05) is 12.4 Å². The molecule has 0 amide bonds. The standard InChI is InChI=1S/C15H17ClN2O/c1-4-15(2,3)11-5-7-12(8-6-11)19-14-13(16)17-9-10-18-14/h5-10H,4H2,1-3H3. The number of halogens is 1. The maximum atomic E-state index is 5.90. The molecule has 100 valence electrons. The quantitative estimate of drug-likeness (QED) is 0.818. The third-order valence-corrected chi connectivity index (χ3v) is 3.62. The molecular weight excluding hydrogens is 260 g/mol. The SMILES string of the molecule is CCC(C)(C)c1ccc(Oc2nccnc2Cl)cc1. The molecule has 0 bridgehead atoms. The smallest absolute Gasteiger partial charge is 0.257 e. The van der Waals surface area contributed by atoms with E-state index in [1.165, 1.54) is 11.8 Å². The maximum absolute atomic E-state index is 5.90. The third kappa shape index (κ3) is 3.24. The summed E-state index contributed by atoms with van der Waals surface area (Å²) in [7, 11) is 0. The maximum Gasteiger partial charge on any atom is 0.257 e. The molecule has 4 heteroatoms. The minimum Gasteiger partial charge on any atom is -0.436 e. The lowest BCUT2D eigenvalue weighted by Crippen LogP contribution is -2.14. The minimum absolute atomic E-state index is 0.169. The summed E-state index contributed by atoms with van der Waals surface area (Å²) in [5, 5.41) is 0.264. The van der Waals surface area contributed by atoms with Gasteiger partial charge in [-0.3, -0.25) is 0 Å². The van der Waals surface area contributed by atoms with Gasteiger partial charge in [0.15, 0.2) is 5.15 Å². The summed E-state index contributed by atoms with van der Waals surface area (Å²) >= 11 is 5.90. The van der Waals surface area contributed by atoms with Gasteiger partial charge in [0.2, 0.25) is 0 Å². The van der Waals surface area contributed by atoms with Gasteiger partial charge in [0.25, 0.3) is 5.88 Å². The van der Waals surface area contributed by atoms with Crippen molar-refractivity contribution in [2.24, 2.45) is 0 Å². The lowest BCUT2D eigenvalue weighted by molar-refractivity contribution is 0.458. The highest BCUT2D eigenvalue weighted by atomic mass is 35.5. The van der Waals surface area contributed by atoms with Crippen LogP contribution in [-0.4, -0.2) is 9.97 Å². The molecule has 0 fully saturated rings. The van der Waals surface area contributed by atoms with Crippen molar-refractivity contribution in [3.05, 3.63) is 47.4 Å². The molecule has 1 aromatic heterocycles. The fourth-order valence-corrected chi connectivity index (χ4v) is 1.81. The molecule has 0 saturated carbocycles. The van der Waals surface area contributed by atoms with Crippen molar-refractivity contribution in [2.75, 3.05) is 0 Å². The molecule has 0 aliphatic carbocycles. The van der Waals surface area contributed by atoms with Crippen molar-refractivity contribution in [1.82, 2.24) is 9.97 Å². The van der Waals surface area contributed by atoms with Crippen LogP contribution in [0.15, 0.2) is 36.7 Å². The van der Waals surface area contributed by atoms with Gasteiger partial charge in [-0.15, -0.1) is 0 Å². The second-order valence-electron chi connectivity index (χ2n) is 5.02. The summed E-state index contributed by atoms with van der Waals surface area (Å²) in [6, 6.07) is 8.00. The number of hydrogen-bond acceptors (Lipinski definition) is 3. The Balaban J connectivity index is 2.18. The van der Waals surface area contributed by atoms with Gasteiger partial charge in [-0.2, -0.15) is 0 Å². The van der Waals surface area contributed by atoms with Crippen molar-refractivity contribution in [3.8, 4) is 11.6 Å². The van der Waals surface area contributed by atoms with Crippen LogP contribution in [0.3, 0.4) is 0 Å². The van der Waals surface area contributed by atoms with E-state index in [1.807, 2.05) is 12.1 Å². The van der Waals surface area contributed by atoms with Crippen molar-refractivity contribution < 1.29 is 4.74 Å². The van der Waals surface area contributed by atoms with Gasteiger partial charge in [-0.05, 0) is 29.5 Å². The van der Waals surface area contributed by atoms with E-state index in [2.05, 4.69) is 42.9 Å². The van der Waals surface area contributed by atoms with Crippen molar-refractivity contribution in [2.45, 2.75) is 32.6 Å².